The van der Waals surface area contributed by atoms with Crippen LogP contribution in [0.1, 0.15) is 70.9 Å². The highest BCUT2D eigenvalue weighted by Gasteiger charge is 2.31. The van der Waals surface area contributed by atoms with Crippen molar-refractivity contribution in [1.29, 1.82) is 0 Å². The van der Waals surface area contributed by atoms with Gasteiger partial charge in [-0.3, -0.25) is 9.20 Å². The first-order valence-corrected chi connectivity index (χ1v) is 14.0. The fourth-order valence-electron chi connectivity index (χ4n) is 5.71. The number of alkyl halides is 3. The Kier molecular flexibility index (Phi) is 8.54. The van der Waals surface area contributed by atoms with E-state index in [1.807, 2.05) is 6.07 Å². The normalized spacial score (nSPS) is 17.8. The summed E-state index contributed by atoms with van der Waals surface area (Å²) in [6.07, 6.45) is 2.29. The van der Waals surface area contributed by atoms with Crippen molar-refractivity contribution in [2.45, 2.75) is 64.3 Å². The molecule has 0 spiro atoms. The molecule has 0 saturated heterocycles. The number of carbonyl (C=O) groups is 1. The number of benzene rings is 2. The molecule has 0 radical (unpaired) electrons. The van der Waals surface area contributed by atoms with Gasteiger partial charge in [0.05, 0.1) is 5.69 Å². The van der Waals surface area contributed by atoms with Crippen LogP contribution in [0.15, 0.2) is 60.8 Å². The number of aryl methyl sites for hydroxylation is 1. The lowest BCUT2D eigenvalue weighted by Gasteiger charge is -2.17. The van der Waals surface area contributed by atoms with Gasteiger partial charge in [-0.1, -0.05) is 48.7 Å². The second-order valence-electron chi connectivity index (χ2n) is 10.6. The maximum atomic E-state index is 15.1. The Morgan fingerprint density at radius 3 is 2.59 bits per heavy atom. The van der Waals surface area contributed by atoms with Crippen molar-refractivity contribution in [3.8, 4) is 5.75 Å². The van der Waals surface area contributed by atoms with E-state index < -0.39 is 6.36 Å². The molecule has 5 rings (SSSR count). The van der Waals surface area contributed by atoms with Crippen molar-refractivity contribution < 1.29 is 27.1 Å². The summed E-state index contributed by atoms with van der Waals surface area (Å²) in [5.41, 5.74) is 3.87. The van der Waals surface area contributed by atoms with Crippen LogP contribution in [0.4, 0.5) is 17.6 Å². The largest absolute Gasteiger partial charge is 0.573 e. The summed E-state index contributed by atoms with van der Waals surface area (Å²) in [6, 6.07) is 14.6. The molecule has 2 heterocycles. The number of aromatic nitrogens is 2. The van der Waals surface area contributed by atoms with Crippen LogP contribution in [0, 0.1) is 18.7 Å². The number of pyridine rings is 1. The zero-order chi connectivity index (χ0) is 29.1. The number of nitrogens with one attached hydrogen (secondary N) is 1. The Hall–Kier alpha value is -3.59. The first kappa shape index (κ1) is 28.9. The maximum Gasteiger partial charge on any atom is 0.573 e. The van der Waals surface area contributed by atoms with Gasteiger partial charge < -0.3 is 10.1 Å². The van der Waals surface area contributed by atoms with Gasteiger partial charge in [0.15, 0.2) is 0 Å². The van der Waals surface area contributed by atoms with E-state index in [-0.39, 0.29) is 29.9 Å². The van der Waals surface area contributed by atoms with Gasteiger partial charge in [0.2, 0.25) is 0 Å². The minimum atomic E-state index is -4.71. The molecule has 2 atom stereocenters. The lowest BCUT2D eigenvalue weighted by Crippen LogP contribution is -2.25. The number of amides is 1. The Balaban J connectivity index is 1.16. The number of nitrogens with zero attached hydrogens (tertiary/aromatic N) is 2. The number of ether oxygens (including phenoxy) is 1. The predicted molar refractivity (Wildman–Crippen MR) is 149 cm³/mol. The van der Waals surface area contributed by atoms with Crippen molar-refractivity contribution in [3.63, 3.8) is 0 Å². The molecule has 0 bridgehead atoms. The van der Waals surface area contributed by atoms with E-state index >= 15 is 4.39 Å². The number of halogens is 5. The SMILES string of the molecule is Cc1nc2cc(Cl)ccn2c1C(=O)NCc1ccc(CC2CCCC(c3ccc(OC(F)(F)F)cc3)CC2)c(F)c1. The van der Waals surface area contributed by atoms with Gasteiger partial charge in [0.25, 0.3) is 5.91 Å². The van der Waals surface area contributed by atoms with E-state index in [1.165, 1.54) is 18.2 Å². The van der Waals surface area contributed by atoms with Gasteiger partial charge in [0, 0.05) is 23.8 Å². The second kappa shape index (κ2) is 12.1. The topological polar surface area (TPSA) is 55.6 Å². The molecule has 41 heavy (non-hydrogen) atoms. The summed E-state index contributed by atoms with van der Waals surface area (Å²) < 4.78 is 58.1. The molecule has 1 amide bonds. The quantitative estimate of drug-likeness (QED) is 0.175. The zero-order valence-electron chi connectivity index (χ0n) is 22.5. The van der Waals surface area contributed by atoms with Gasteiger partial charge in [-0.2, -0.15) is 0 Å². The average molecular weight is 588 g/mol. The van der Waals surface area contributed by atoms with Crippen LogP contribution in [-0.2, 0) is 13.0 Å². The first-order chi connectivity index (χ1) is 19.6. The predicted octanol–water partition coefficient (Wildman–Crippen LogP) is 8.17. The zero-order valence-corrected chi connectivity index (χ0v) is 23.2. The van der Waals surface area contributed by atoms with Gasteiger partial charge in [-0.05, 0) is 85.4 Å². The summed E-state index contributed by atoms with van der Waals surface area (Å²) in [5.74, 6) is -0.248. The van der Waals surface area contributed by atoms with Gasteiger partial charge >= 0.3 is 6.36 Å². The van der Waals surface area contributed by atoms with E-state index in [1.54, 1.807) is 47.9 Å². The maximum absolute atomic E-state index is 15.1. The highest BCUT2D eigenvalue weighted by Crippen LogP contribution is 2.36. The van der Waals surface area contributed by atoms with Crippen LogP contribution < -0.4 is 10.1 Å². The molecule has 1 aliphatic carbocycles. The van der Waals surface area contributed by atoms with Gasteiger partial charge in [-0.15, -0.1) is 13.2 Å². The smallest absolute Gasteiger partial charge is 0.406 e. The molecule has 2 aromatic carbocycles. The van der Waals surface area contributed by atoms with E-state index in [4.69, 9.17) is 11.6 Å². The summed E-state index contributed by atoms with van der Waals surface area (Å²) in [4.78, 5) is 17.3. The third-order valence-electron chi connectivity index (χ3n) is 7.73. The third kappa shape index (κ3) is 7.19. The standard InChI is InChI=1S/C31H30ClF4N3O2/c1-19-29(39-14-13-25(32)17-28(39)38-19)30(40)37-18-21-6-8-24(27(33)16-21)15-20-3-2-4-22(7-5-20)23-9-11-26(12-10-23)41-31(34,35)36/h6,8-14,16-17,20,22H,2-5,7,15,18H2,1H3,(H,37,40). The number of fused-ring (bicyclic) bond motifs is 1. The van der Waals surface area contributed by atoms with Crippen LogP contribution >= 0.6 is 11.6 Å². The molecule has 1 aliphatic rings. The number of carbonyl (C=O) groups excluding carboxylic acids is 1. The molecule has 0 aliphatic heterocycles. The fourth-order valence-corrected chi connectivity index (χ4v) is 5.87. The summed E-state index contributed by atoms with van der Waals surface area (Å²) >= 11 is 6.03. The van der Waals surface area contributed by atoms with Crippen LogP contribution in [0.3, 0.4) is 0 Å². The van der Waals surface area contributed by atoms with E-state index in [2.05, 4.69) is 15.0 Å². The Morgan fingerprint density at radius 1 is 1.07 bits per heavy atom. The summed E-state index contributed by atoms with van der Waals surface area (Å²) in [7, 11) is 0. The van der Waals surface area contributed by atoms with E-state index in [9.17, 15) is 18.0 Å². The van der Waals surface area contributed by atoms with Gasteiger partial charge in [-0.25, -0.2) is 9.37 Å². The summed E-state index contributed by atoms with van der Waals surface area (Å²) in [5, 5.41) is 3.39. The molecule has 1 N–H and O–H groups in total. The van der Waals surface area contributed by atoms with E-state index in [0.29, 0.717) is 45.5 Å². The Labute approximate surface area is 240 Å². The average Bonchev–Trinajstić information content (AvgIpc) is 3.07. The molecule has 5 nitrogen and oxygen atoms in total. The van der Waals surface area contributed by atoms with Crippen LogP contribution in [0.2, 0.25) is 5.02 Å². The lowest BCUT2D eigenvalue weighted by atomic mass is 9.89. The third-order valence-corrected chi connectivity index (χ3v) is 7.97. The fraction of sp³-hybridized carbons (Fsp3) is 0.355. The number of hydrogen-bond donors (Lipinski definition) is 1. The Morgan fingerprint density at radius 2 is 1.85 bits per heavy atom. The number of imidazole rings is 1. The number of hydrogen-bond acceptors (Lipinski definition) is 3. The highest BCUT2D eigenvalue weighted by atomic mass is 35.5. The monoisotopic (exact) mass is 587 g/mol. The molecule has 2 aromatic heterocycles. The van der Waals surface area contributed by atoms with Crippen LogP contribution in [0.5, 0.6) is 5.75 Å². The van der Waals surface area contributed by atoms with Crippen molar-refractivity contribution in [2.24, 2.45) is 5.92 Å². The molecule has 1 fully saturated rings. The van der Waals surface area contributed by atoms with Gasteiger partial charge in [0.1, 0.15) is 22.9 Å². The molecule has 10 heteroatoms. The Bertz CT molecular complexity index is 1540. The summed E-state index contributed by atoms with van der Waals surface area (Å²) in [6.45, 7) is 1.93. The van der Waals surface area contributed by atoms with Crippen molar-refractivity contribution in [2.75, 3.05) is 0 Å². The molecule has 216 valence electrons. The van der Waals surface area contributed by atoms with Crippen molar-refractivity contribution >= 4 is 23.2 Å². The highest BCUT2D eigenvalue weighted by molar-refractivity contribution is 6.30. The van der Waals surface area contributed by atoms with Crippen LogP contribution in [-0.4, -0.2) is 21.7 Å². The van der Waals surface area contributed by atoms with E-state index in [0.717, 1.165) is 37.7 Å². The minimum Gasteiger partial charge on any atom is -0.406 e. The van der Waals surface area contributed by atoms with Crippen molar-refractivity contribution in [3.05, 3.63) is 99.7 Å². The molecule has 1 saturated carbocycles. The van der Waals surface area contributed by atoms with Crippen LogP contribution in [0.25, 0.3) is 5.65 Å². The minimum absolute atomic E-state index is 0.175. The molecular weight excluding hydrogens is 558 g/mol. The number of rotatable bonds is 7. The molecular formula is C31H30ClF4N3O2. The molecule has 4 aromatic rings. The second-order valence-corrected chi connectivity index (χ2v) is 11.1. The lowest BCUT2D eigenvalue weighted by molar-refractivity contribution is -0.274. The molecule has 2 unspecified atom stereocenters. The van der Waals surface area contributed by atoms with Crippen molar-refractivity contribution in [1.82, 2.24) is 14.7 Å². The first-order valence-electron chi connectivity index (χ1n) is 13.6.